The molecule has 96 valence electrons. The van der Waals surface area contributed by atoms with Crippen LogP contribution in [0, 0.1) is 12.7 Å². The number of benzene rings is 1. The summed E-state index contributed by atoms with van der Waals surface area (Å²) >= 11 is 5.86. The van der Waals surface area contributed by atoms with Crippen LogP contribution in [0.2, 0.25) is 5.02 Å². The lowest BCUT2D eigenvalue weighted by Crippen LogP contribution is -2.32. The Morgan fingerprint density at radius 3 is 2.67 bits per heavy atom. The van der Waals surface area contributed by atoms with E-state index < -0.39 is 11.4 Å². The number of nitrogens with zero attached hydrogens (tertiary/aromatic N) is 1. The lowest BCUT2D eigenvalue weighted by Gasteiger charge is -2.38. The Morgan fingerprint density at radius 1 is 1.56 bits per heavy atom. The first-order valence-electron chi connectivity index (χ1n) is 5.68. The van der Waals surface area contributed by atoms with E-state index in [1.165, 1.54) is 13.2 Å². The number of halogens is 2. The zero-order valence-electron chi connectivity index (χ0n) is 10.2. The van der Waals surface area contributed by atoms with Crippen LogP contribution in [0.25, 0.3) is 0 Å². The van der Waals surface area contributed by atoms with E-state index >= 15 is 0 Å². The molecule has 1 fully saturated rings. The fraction of sp³-hybridized carbons (Fsp3) is 0.462. The maximum atomic E-state index is 13.7. The molecule has 0 N–H and O–H groups in total. The minimum absolute atomic E-state index is 0.0238. The van der Waals surface area contributed by atoms with E-state index in [0.717, 1.165) is 19.3 Å². The Kier molecular flexibility index (Phi) is 3.42. The molecule has 2 rings (SSSR count). The number of rotatable bonds is 3. The van der Waals surface area contributed by atoms with Crippen molar-refractivity contribution >= 4 is 17.7 Å². The highest BCUT2D eigenvalue weighted by Crippen LogP contribution is 2.50. The predicted octanol–water partition coefficient (Wildman–Crippen LogP) is 3.51. The SMILES string of the molecule is COc1c(C2(N=C=O)CCC2)cc(Cl)c(F)c1C. The number of ether oxygens (including phenoxy) is 1. The molecule has 0 saturated heterocycles. The van der Waals surface area contributed by atoms with Crippen LogP contribution < -0.4 is 4.74 Å². The average molecular weight is 270 g/mol. The van der Waals surface area contributed by atoms with E-state index in [0.29, 0.717) is 16.9 Å². The molecule has 1 aliphatic carbocycles. The highest BCUT2D eigenvalue weighted by atomic mass is 35.5. The topological polar surface area (TPSA) is 38.7 Å². The normalized spacial score (nSPS) is 16.7. The second kappa shape index (κ2) is 4.71. The van der Waals surface area contributed by atoms with Crippen molar-refractivity contribution in [3.63, 3.8) is 0 Å². The molecule has 1 saturated carbocycles. The van der Waals surface area contributed by atoms with Crippen molar-refractivity contribution in [3.05, 3.63) is 28.0 Å². The van der Waals surface area contributed by atoms with Gasteiger partial charge in [-0.2, -0.15) is 4.99 Å². The van der Waals surface area contributed by atoms with Gasteiger partial charge in [-0.1, -0.05) is 11.6 Å². The molecular weight excluding hydrogens is 257 g/mol. The Balaban J connectivity index is 2.67. The summed E-state index contributed by atoms with van der Waals surface area (Å²) in [5.41, 5.74) is 0.366. The summed E-state index contributed by atoms with van der Waals surface area (Å²) in [6.07, 6.45) is 4.00. The summed E-state index contributed by atoms with van der Waals surface area (Å²) in [6.45, 7) is 1.60. The minimum Gasteiger partial charge on any atom is -0.496 e. The first-order valence-corrected chi connectivity index (χ1v) is 6.05. The van der Waals surface area contributed by atoms with Gasteiger partial charge in [-0.25, -0.2) is 9.18 Å². The standard InChI is InChI=1S/C13H13ClFNO2/c1-8-11(15)10(14)6-9(12(8)18-2)13(16-7-17)4-3-5-13/h6H,3-5H2,1-2H3. The monoisotopic (exact) mass is 269 g/mol. The third kappa shape index (κ3) is 1.82. The molecule has 0 atom stereocenters. The molecule has 0 amide bonds. The Labute approximate surface area is 110 Å². The van der Waals surface area contributed by atoms with Crippen LogP contribution >= 0.6 is 11.6 Å². The van der Waals surface area contributed by atoms with Crippen molar-refractivity contribution in [1.82, 2.24) is 0 Å². The maximum Gasteiger partial charge on any atom is 0.235 e. The summed E-state index contributed by atoms with van der Waals surface area (Å²) in [6, 6.07) is 1.50. The Morgan fingerprint density at radius 2 is 2.22 bits per heavy atom. The summed E-state index contributed by atoms with van der Waals surface area (Å²) < 4.78 is 19.0. The molecular formula is C13H13ClFNO2. The number of carbonyl (C=O) groups excluding carboxylic acids is 1. The maximum absolute atomic E-state index is 13.7. The van der Waals surface area contributed by atoms with Gasteiger partial charge in [0, 0.05) is 11.1 Å². The number of aliphatic imine (C=N–C) groups is 1. The van der Waals surface area contributed by atoms with Crippen LogP contribution in [-0.2, 0) is 10.3 Å². The van der Waals surface area contributed by atoms with Crippen LogP contribution in [0.4, 0.5) is 4.39 Å². The second-order valence-corrected chi connectivity index (χ2v) is 4.87. The molecule has 1 aromatic carbocycles. The fourth-order valence-electron chi connectivity index (χ4n) is 2.39. The molecule has 3 nitrogen and oxygen atoms in total. The van der Waals surface area contributed by atoms with Crippen LogP contribution in [0.15, 0.2) is 11.1 Å². The first-order chi connectivity index (χ1) is 8.55. The van der Waals surface area contributed by atoms with Gasteiger partial charge in [-0.15, -0.1) is 0 Å². The van der Waals surface area contributed by atoms with Crippen LogP contribution in [0.1, 0.15) is 30.4 Å². The molecule has 5 heteroatoms. The van der Waals surface area contributed by atoms with E-state index in [9.17, 15) is 9.18 Å². The van der Waals surface area contributed by atoms with Crippen molar-refractivity contribution in [2.24, 2.45) is 4.99 Å². The summed E-state index contributed by atoms with van der Waals surface area (Å²) in [4.78, 5) is 14.5. The third-order valence-corrected chi connectivity index (χ3v) is 3.82. The van der Waals surface area contributed by atoms with Crippen molar-refractivity contribution in [1.29, 1.82) is 0 Å². The highest BCUT2D eigenvalue weighted by Gasteiger charge is 2.42. The van der Waals surface area contributed by atoms with Gasteiger partial charge in [0.25, 0.3) is 0 Å². The zero-order valence-corrected chi connectivity index (χ0v) is 11.0. The van der Waals surface area contributed by atoms with Gasteiger partial charge < -0.3 is 4.74 Å². The van der Waals surface area contributed by atoms with Gasteiger partial charge >= 0.3 is 0 Å². The summed E-state index contributed by atoms with van der Waals surface area (Å²) in [5.74, 6) is -0.0857. The van der Waals surface area contributed by atoms with Gasteiger partial charge in [-0.3, -0.25) is 0 Å². The van der Waals surface area contributed by atoms with Crippen molar-refractivity contribution in [2.75, 3.05) is 7.11 Å². The summed E-state index contributed by atoms with van der Waals surface area (Å²) in [5, 5.41) is 0.0238. The number of isocyanates is 1. The van der Waals surface area contributed by atoms with E-state index in [-0.39, 0.29) is 5.02 Å². The van der Waals surface area contributed by atoms with Gasteiger partial charge in [0.2, 0.25) is 6.08 Å². The molecule has 18 heavy (non-hydrogen) atoms. The van der Waals surface area contributed by atoms with Gasteiger partial charge in [0.15, 0.2) is 0 Å². The average Bonchev–Trinajstić information content (AvgIpc) is 2.30. The third-order valence-electron chi connectivity index (χ3n) is 3.54. The quantitative estimate of drug-likeness (QED) is 0.622. The van der Waals surface area contributed by atoms with Crippen LogP contribution in [0.5, 0.6) is 5.75 Å². The Bertz CT molecular complexity index is 534. The molecule has 0 bridgehead atoms. The van der Waals surface area contributed by atoms with E-state index in [4.69, 9.17) is 16.3 Å². The van der Waals surface area contributed by atoms with Crippen molar-refractivity contribution < 1.29 is 13.9 Å². The Hall–Kier alpha value is -1.38. The molecule has 0 spiro atoms. The minimum atomic E-state index is -0.644. The van der Waals surface area contributed by atoms with Gasteiger partial charge in [-0.05, 0) is 32.3 Å². The molecule has 0 unspecified atom stereocenters. The molecule has 0 radical (unpaired) electrons. The smallest absolute Gasteiger partial charge is 0.235 e. The number of hydrogen-bond acceptors (Lipinski definition) is 3. The number of methoxy groups -OCH3 is 1. The van der Waals surface area contributed by atoms with Crippen LogP contribution in [-0.4, -0.2) is 13.2 Å². The lowest BCUT2D eigenvalue weighted by molar-refractivity contribution is 0.245. The molecule has 0 aromatic heterocycles. The summed E-state index contributed by atoms with van der Waals surface area (Å²) in [7, 11) is 1.47. The van der Waals surface area contributed by atoms with Crippen molar-refractivity contribution in [3.8, 4) is 5.75 Å². The highest BCUT2D eigenvalue weighted by molar-refractivity contribution is 6.31. The van der Waals surface area contributed by atoms with E-state index in [1.807, 2.05) is 0 Å². The second-order valence-electron chi connectivity index (χ2n) is 4.47. The molecule has 1 aliphatic rings. The molecule has 0 heterocycles. The first kappa shape index (κ1) is 13.1. The lowest BCUT2D eigenvalue weighted by atomic mass is 9.71. The largest absolute Gasteiger partial charge is 0.496 e. The number of hydrogen-bond donors (Lipinski definition) is 0. The van der Waals surface area contributed by atoms with Gasteiger partial charge in [0.1, 0.15) is 17.1 Å². The van der Waals surface area contributed by atoms with E-state index in [2.05, 4.69) is 4.99 Å². The predicted molar refractivity (Wildman–Crippen MR) is 66.3 cm³/mol. The van der Waals surface area contributed by atoms with Crippen molar-refractivity contribution in [2.45, 2.75) is 31.7 Å². The zero-order chi connectivity index (χ0) is 13.3. The van der Waals surface area contributed by atoms with Crippen LogP contribution in [0.3, 0.4) is 0 Å². The molecule has 1 aromatic rings. The van der Waals surface area contributed by atoms with E-state index in [1.54, 1.807) is 13.0 Å². The fourth-order valence-corrected chi connectivity index (χ4v) is 2.64. The van der Waals surface area contributed by atoms with Gasteiger partial charge in [0.05, 0.1) is 12.1 Å². The molecule has 0 aliphatic heterocycles.